The van der Waals surface area contributed by atoms with Gasteiger partial charge in [-0.3, -0.25) is 0 Å². The van der Waals surface area contributed by atoms with Gasteiger partial charge in [-0.05, 0) is 25.5 Å². The summed E-state index contributed by atoms with van der Waals surface area (Å²) in [7, 11) is 1.61. The van der Waals surface area contributed by atoms with E-state index in [2.05, 4.69) is 10.1 Å². The SMILES string of the molecule is COCCOCCOc1nc(C)cc(C)c1/C(N)=N/O. The van der Waals surface area contributed by atoms with Crippen molar-refractivity contribution in [2.24, 2.45) is 10.9 Å². The van der Waals surface area contributed by atoms with E-state index in [1.54, 1.807) is 7.11 Å². The number of hydrogen-bond acceptors (Lipinski definition) is 6. The number of amidine groups is 1. The van der Waals surface area contributed by atoms with Gasteiger partial charge >= 0.3 is 0 Å². The van der Waals surface area contributed by atoms with Crippen LogP contribution in [0.15, 0.2) is 11.2 Å². The molecule has 0 aromatic carbocycles. The first-order valence-corrected chi connectivity index (χ1v) is 6.25. The quantitative estimate of drug-likeness (QED) is 0.241. The first-order chi connectivity index (χ1) is 9.60. The third kappa shape index (κ3) is 4.67. The maximum Gasteiger partial charge on any atom is 0.225 e. The minimum atomic E-state index is -0.0229. The minimum Gasteiger partial charge on any atom is -0.475 e. The maximum atomic E-state index is 8.82. The van der Waals surface area contributed by atoms with Crippen molar-refractivity contribution in [3.8, 4) is 5.88 Å². The number of methoxy groups -OCH3 is 1. The van der Waals surface area contributed by atoms with Gasteiger partial charge in [0.25, 0.3) is 0 Å². The van der Waals surface area contributed by atoms with E-state index in [0.29, 0.717) is 37.9 Å². The van der Waals surface area contributed by atoms with Gasteiger partial charge in [0.05, 0.1) is 25.4 Å². The molecule has 0 aliphatic heterocycles. The topological polar surface area (TPSA) is 99.2 Å². The molecule has 1 aromatic rings. The average molecular weight is 283 g/mol. The van der Waals surface area contributed by atoms with Gasteiger partial charge in [-0.25, -0.2) is 4.98 Å². The summed E-state index contributed by atoms with van der Waals surface area (Å²) in [5.74, 6) is 0.318. The highest BCUT2D eigenvalue weighted by molar-refractivity contribution is 6.00. The van der Waals surface area contributed by atoms with Crippen LogP contribution in [-0.2, 0) is 9.47 Å². The van der Waals surface area contributed by atoms with E-state index in [-0.39, 0.29) is 5.84 Å². The van der Waals surface area contributed by atoms with Crippen LogP contribution in [0.1, 0.15) is 16.8 Å². The Bertz CT molecular complexity index is 463. The Kier molecular flexibility index (Phi) is 6.75. The van der Waals surface area contributed by atoms with Gasteiger partial charge in [0.15, 0.2) is 5.84 Å². The van der Waals surface area contributed by atoms with Crippen molar-refractivity contribution in [3.63, 3.8) is 0 Å². The average Bonchev–Trinajstić information content (AvgIpc) is 2.41. The van der Waals surface area contributed by atoms with Crippen molar-refractivity contribution in [1.29, 1.82) is 0 Å². The lowest BCUT2D eigenvalue weighted by Crippen LogP contribution is -2.19. The summed E-state index contributed by atoms with van der Waals surface area (Å²) in [5, 5.41) is 11.8. The Morgan fingerprint density at radius 2 is 2.00 bits per heavy atom. The van der Waals surface area contributed by atoms with Crippen LogP contribution in [0.2, 0.25) is 0 Å². The van der Waals surface area contributed by atoms with Crippen molar-refractivity contribution >= 4 is 5.84 Å². The van der Waals surface area contributed by atoms with Crippen molar-refractivity contribution in [2.75, 3.05) is 33.5 Å². The number of aromatic nitrogens is 1. The molecule has 0 aliphatic rings. The van der Waals surface area contributed by atoms with Gasteiger partial charge in [-0.2, -0.15) is 0 Å². The van der Waals surface area contributed by atoms with E-state index < -0.39 is 0 Å². The van der Waals surface area contributed by atoms with E-state index in [1.807, 2.05) is 19.9 Å². The number of ether oxygens (including phenoxy) is 3. The van der Waals surface area contributed by atoms with Crippen LogP contribution in [0.25, 0.3) is 0 Å². The molecule has 0 aliphatic carbocycles. The van der Waals surface area contributed by atoms with E-state index in [9.17, 15) is 0 Å². The standard InChI is InChI=1S/C13H21N3O4/c1-9-8-10(2)15-13(11(9)12(14)16-17)20-7-6-19-5-4-18-3/h8,17H,4-7H2,1-3H3,(H2,14,16). The summed E-state index contributed by atoms with van der Waals surface area (Å²) in [6, 6.07) is 1.84. The predicted octanol–water partition coefficient (Wildman–Crippen LogP) is 0.835. The highest BCUT2D eigenvalue weighted by Gasteiger charge is 2.14. The van der Waals surface area contributed by atoms with Gasteiger partial charge in [0.2, 0.25) is 5.88 Å². The number of nitrogens with zero attached hydrogens (tertiary/aromatic N) is 2. The Labute approximate surface area is 118 Å². The lowest BCUT2D eigenvalue weighted by atomic mass is 10.1. The molecule has 0 unspecified atom stereocenters. The number of hydrogen-bond donors (Lipinski definition) is 2. The number of nitrogens with two attached hydrogens (primary N) is 1. The second-order valence-corrected chi connectivity index (χ2v) is 4.20. The fraction of sp³-hybridized carbons (Fsp3) is 0.538. The van der Waals surface area contributed by atoms with Crippen molar-refractivity contribution in [3.05, 3.63) is 22.9 Å². The van der Waals surface area contributed by atoms with E-state index >= 15 is 0 Å². The molecule has 3 N–H and O–H groups in total. The number of pyridine rings is 1. The molecule has 0 bridgehead atoms. The fourth-order valence-corrected chi connectivity index (χ4v) is 1.71. The smallest absolute Gasteiger partial charge is 0.225 e. The molecule has 112 valence electrons. The maximum absolute atomic E-state index is 8.82. The Morgan fingerprint density at radius 1 is 1.30 bits per heavy atom. The van der Waals surface area contributed by atoms with Gasteiger partial charge in [-0.1, -0.05) is 5.16 Å². The highest BCUT2D eigenvalue weighted by atomic mass is 16.5. The summed E-state index contributed by atoms with van der Waals surface area (Å²) in [6.07, 6.45) is 0. The lowest BCUT2D eigenvalue weighted by molar-refractivity contribution is 0.0536. The molecule has 1 rings (SSSR count). The molecule has 7 heteroatoms. The molecule has 0 radical (unpaired) electrons. The molecule has 20 heavy (non-hydrogen) atoms. The Morgan fingerprint density at radius 3 is 2.65 bits per heavy atom. The molecule has 0 saturated carbocycles. The molecule has 0 amide bonds. The molecule has 1 heterocycles. The molecule has 0 saturated heterocycles. The predicted molar refractivity (Wildman–Crippen MR) is 74.4 cm³/mol. The molecular formula is C13H21N3O4. The largest absolute Gasteiger partial charge is 0.475 e. The van der Waals surface area contributed by atoms with Crippen LogP contribution in [0.3, 0.4) is 0 Å². The van der Waals surface area contributed by atoms with Gasteiger partial charge in [0.1, 0.15) is 6.61 Å². The monoisotopic (exact) mass is 283 g/mol. The zero-order chi connectivity index (χ0) is 15.0. The van der Waals surface area contributed by atoms with Crippen molar-refractivity contribution in [2.45, 2.75) is 13.8 Å². The fourth-order valence-electron chi connectivity index (χ4n) is 1.71. The molecule has 1 aromatic heterocycles. The van der Waals surface area contributed by atoms with Gasteiger partial charge in [-0.15, -0.1) is 0 Å². The van der Waals surface area contributed by atoms with Crippen molar-refractivity contribution in [1.82, 2.24) is 4.98 Å². The van der Waals surface area contributed by atoms with Gasteiger partial charge in [0, 0.05) is 12.8 Å². The van der Waals surface area contributed by atoms with Crippen molar-refractivity contribution < 1.29 is 19.4 Å². The second kappa shape index (κ2) is 8.34. The number of oxime groups is 1. The van der Waals surface area contributed by atoms with E-state index in [1.165, 1.54) is 0 Å². The summed E-state index contributed by atoms with van der Waals surface area (Å²) in [5.41, 5.74) is 7.78. The van der Waals surface area contributed by atoms with Crippen LogP contribution < -0.4 is 10.5 Å². The highest BCUT2D eigenvalue weighted by Crippen LogP contribution is 2.20. The normalized spacial score (nSPS) is 11.7. The molecule has 0 spiro atoms. The van der Waals surface area contributed by atoms with Crippen LogP contribution in [-0.4, -0.2) is 49.6 Å². The van der Waals surface area contributed by atoms with E-state index in [0.717, 1.165) is 11.3 Å². The Hall–Kier alpha value is -1.86. The second-order valence-electron chi connectivity index (χ2n) is 4.20. The zero-order valence-electron chi connectivity index (χ0n) is 12.0. The summed E-state index contributed by atoms with van der Waals surface area (Å²) in [4.78, 5) is 4.26. The molecule has 0 fully saturated rings. The zero-order valence-corrected chi connectivity index (χ0v) is 12.0. The van der Waals surface area contributed by atoms with Crippen LogP contribution in [0, 0.1) is 13.8 Å². The first kappa shape index (κ1) is 16.2. The summed E-state index contributed by atoms with van der Waals surface area (Å²) < 4.78 is 15.7. The third-order valence-corrected chi connectivity index (χ3v) is 2.57. The lowest BCUT2D eigenvalue weighted by Gasteiger charge is -2.13. The third-order valence-electron chi connectivity index (χ3n) is 2.57. The number of aryl methyl sites for hydroxylation is 2. The Balaban J connectivity index is 2.68. The molecule has 0 atom stereocenters. The molecular weight excluding hydrogens is 262 g/mol. The summed E-state index contributed by atoms with van der Waals surface area (Å²) >= 11 is 0. The van der Waals surface area contributed by atoms with Gasteiger partial charge < -0.3 is 25.2 Å². The number of rotatable bonds is 8. The van der Waals surface area contributed by atoms with Crippen LogP contribution in [0.4, 0.5) is 0 Å². The van der Waals surface area contributed by atoms with E-state index in [4.69, 9.17) is 25.2 Å². The minimum absolute atomic E-state index is 0.0229. The van der Waals surface area contributed by atoms with Crippen LogP contribution in [0.5, 0.6) is 5.88 Å². The molecule has 7 nitrogen and oxygen atoms in total. The van der Waals surface area contributed by atoms with Crippen LogP contribution >= 0.6 is 0 Å². The first-order valence-electron chi connectivity index (χ1n) is 6.25. The summed E-state index contributed by atoms with van der Waals surface area (Å²) in [6.45, 7) is 5.48.